The molecule has 0 bridgehead atoms. The van der Waals surface area contributed by atoms with Crippen LogP contribution < -0.4 is 4.74 Å². The van der Waals surface area contributed by atoms with Crippen molar-refractivity contribution >= 4 is 0 Å². The number of aromatic hydroxyl groups is 1. The molecule has 124 valence electrons. The Kier molecular flexibility index (Phi) is 6.60. The Bertz CT molecular complexity index is 423. The Hall–Kier alpha value is -1.18. The number of rotatable bonds is 8. The standard InChI is InChI=1S/C20H32O2/c1-3-5-13-20(14-6-4-2)15-11-17(12-16-20)22-19-10-8-7-9-18(19)21/h7-10,17,21H,3-6,11-16H2,1-2H3. The molecule has 0 unspecified atom stereocenters. The largest absolute Gasteiger partial charge is 0.504 e. The first-order valence-corrected chi connectivity index (χ1v) is 9.14. The van der Waals surface area contributed by atoms with Gasteiger partial charge in [-0.05, 0) is 56.1 Å². The van der Waals surface area contributed by atoms with E-state index in [-0.39, 0.29) is 11.9 Å². The minimum absolute atomic E-state index is 0.260. The van der Waals surface area contributed by atoms with Crippen molar-refractivity contribution in [2.75, 3.05) is 0 Å². The number of phenolic OH excluding ortho intramolecular Hbond substituents is 1. The van der Waals surface area contributed by atoms with Gasteiger partial charge in [-0.2, -0.15) is 0 Å². The maximum absolute atomic E-state index is 9.85. The Morgan fingerprint density at radius 2 is 1.64 bits per heavy atom. The summed E-state index contributed by atoms with van der Waals surface area (Å²) in [6.07, 6.45) is 13.2. The van der Waals surface area contributed by atoms with Gasteiger partial charge in [0, 0.05) is 0 Å². The van der Waals surface area contributed by atoms with E-state index in [1.165, 1.54) is 51.4 Å². The number of unbranched alkanes of at least 4 members (excludes halogenated alkanes) is 2. The molecule has 0 atom stereocenters. The first kappa shape index (κ1) is 17.2. The van der Waals surface area contributed by atoms with E-state index >= 15 is 0 Å². The first-order chi connectivity index (χ1) is 10.7. The van der Waals surface area contributed by atoms with Crippen molar-refractivity contribution in [3.8, 4) is 11.5 Å². The normalized spacial score (nSPS) is 18.3. The molecule has 1 N–H and O–H groups in total. The van der Waals surface area contributed by atoms with Gasteiger partial charge in [0.2, 0.25) is 0 Å². The zero-order valence-electron chi connectivity index (χ0n) is 14.3. The van der Waals surface area contributed by atoms with E-state index in [1.807, 2.05) is 18.2 Å². The molecule has 0 radical (unpaired) electrons. The Morgan fingerprint density at radius 1 is 1.05 bits per heavy atom. The van der Waals surface area contributed by atoms with E-state index in [4.69, 9.17) is 4.74 Å². The summed E-state index contributed by atoms with van der Waals surface area (Å²) < 4.78 is 6.04. The smallest absolute Gasteiger partial charge is 0.161 e. The lowest BCUT2D eigenvalue weighted by Crippen LogP contribution is -2.32. The van der Waals surface area contributed by atoms with Gasteiger partial charge in [0.05, 0.1) is 6.10 Å². The number of para-hydroxylation sites is 2. The van der Waals surface area contributed by atoms with Gasteiger partial charge in [0.25, 0.3) is 0 Å². The van der Waals surface area contributed by atoms with E-state index in [0.717, 1.165) is 12.8 Å². The number of hydrogen-bond acceptors (Lipinski definition) is 2. The van der Waals surface area contributed by atoms with Gasteiger partial charge in [-0.15, -0.1) is 0 Å². The number of benzene rings is 1. The maximum Gasteiger partial charge on any atom is 0.161 e. The minimum Gasteiger partial charge on any atom is -0.504 e. The van der Waals surface area contributed by atoms with Crippen LogP contribution in [0.5, 0.6) is 11.5 Å². The fourth-order valence-corrected chi connectivity index (χ4v) is 3.79. The van der Waals surface area contributed by atoms with Crippen molar-refractivity contribution in [2.45, 2.75) is 84.2 Å². The second-order valence-electron chi connectivity index (χ2n) is 6.99. The lowest BCUT2D eigenvalue weighted by atomic mass is 9.67. The van der Waals surface area contributed by atoms with Crippen molar-refractivity contribution in [3.05, 3.63) is 24.3 Å². The third-order valence-electron chi connectivity index (χ3n) is 5.27. The molecule has 0 amide bonds. The van der Waals surface area contributed by atoms with Gasteiger partial charge in [-0.1, -0.05) is 51.7 Å². The molecule has 1 saturated carbocycles. The summed E-state index contributed by atoms with van der Waals surface area (Å²) in [5.41, 5.74) is 0.560. The molecule has 2 heteroatoms. The van der Waals surface area contributed by atoms with Gasteiger partial charge < -0.3 is 9.84 Å². The van der Waals surface area contributed by atoms with Crippen LogP contribution in [0.15, 0.2) is 24.3 Å². The average molecular weight is 304 g/mol. The van der Waals surface area contributed by atoms with Gasteiger partial charge in [0.1, 0.15) is 0 Å². The van der Waals surface area contributed by atoms with Crippen LogP contribution in [0.25, 0.3) is 0 Å². The van der Waals surface area contributed by atoms with E-state index < -0.39 is 0 Å². The van der Waals surface area contributed by atoms with Gasteiger partial charge in [-0.3, -0.25) is 0 Å². The van der Waals surface area contributed by atoms with Crippen LogP contribution in [-0.2, 0) is 0 Å². The highest BCUT2D eigenvalue weighted by molar-refractivity contribution is 5.38. The number of ether oxygens (including phenoxy) is 1. The fraction of sp³-hybridized carbons (Fsp3) is 0.700. The highest BCUT2D eigenvalue weighted by Gasteiger charge is 2.35. The van der Waals surface area contributed by atoms with Crippen LogP contribution in [0.2, 0.25) is 0 Å². The molecule has 0 aromatic heterocycles. The van der Waals surface area contributed by atoms with Crippen molar-refractivity contribution in [3.63, 3.8) is 0 Å². The predicted molar refractivity (Wildman–Crippen MR) is 92.5 cm³/mol. The molecule has 22 heavy (non-hydrogen) atoms. The van der Waals surface area contributed by atoms with E-state index in [1.54, 1.807) is 6.07 Å². The first-order valence-electron chi connectivity index (χ1n) is 9.14. The summed E-state index contributed by atoms with van der Waals surface area (Å²) in [6, 6.07) is 7.32. The van der Waals surface area contributed by atoms with Gasteiger partial charge in [0.15, 0.2) is 11.5 Å². The molecule has 1 aromatic rings. The molecule has 2 nitrogen and oxygen atoms in total. The molecule has 0 heterocycles. The quantitative estimate of drug-likeness (QED) is 0.630. The van der Waals surface area contributed by atoms with Crippen LogP contribution in [0.3, 0.4) is 0 Å². The van der Waals surface area contributed by atoms with Crippen LogP contribution in [-0.4, -0.2) is 11.2 Å². The molecule has 0 saturated heterocycles. The lowest BCUT2D eigenvalue weighted by molar-refractivity contribution is 0.0620. The van der Waals surface area contributed by atoms with Crippen molar-refractivity contribution in [2.24, 2.45) is 5.41 Å². The maximum atomic E-state index is 9.85. The summed E-state index contributed by atoms with van der Waals surface area (Å²) in [5.74, 6) is 0.901. The van der Waals surface area contributed by atoms with Gasteiger partial charge in [-0.25, -0.2) is 0 Å². The third kappa shape index (κ3) is 4.66. The fourth-order valence-electron chi connectivity index (χ4n) is 3.79. The highest BCUT2D eigenvalue weighted by Crippen LogP contribution is 2.45. The predicted octanol–water partition coefficient (Wildman–Crippen LogP) is 6.08. The monoisotopic (exact) mass is 304 g/mol. The Morgan fingerprint density at radius 3 is 2.18 bits per heavy atom. The molecule has 0 spiro atoms. The topological polar surface area (TPSA) is 29.5 Å². The number of phenols is 1. The van der Waals surface area contributed by atoms with Crippen molar-refractivity contribution in [1.82, 2.24) is 0 Å². The molecular weight excluding hydrogens is 272 g/mol. The molecule has 0 aliphatic heterocycles. The second kappa shape index (κ2) is 8.45. The van der Waals surface area contributed by atoms with Crippen LogP contribution in [0, 0.1) is 5.41 Å². The summed E-state index contributed by atoms with van der Waals surface area (Å²) in [6.45, 7) is 4.58. The average Bonchev–Trinajstić information content (AvgIpc) is 2.55. The van der Waals surface area contributed by atoms with Gasteiger partial charge >= 0.3 is 0 Å². The van der Waals surface area contributed by atoms with Crippen LogP contribution in [0.4, 0.5) is 0 Å². The lowest BCUT2D eigenvalue weighted by Gasteiger charge is -2.40. The summed E-state index contributed by atoms with van der Waals surface area (Å²) >= 11 is 0. The third-order valence-corrected chi connectivity index (χ3v) is 5.27. The van der Waals surface area contributed by atoms with E-state index in [0.29, 0.717) is 11.2 Å². The molecule has 1 aliphatic carbocycles. The van der Waals surface area contributed by atoms with E-state index in [2.05, 4.69) is 13.8 Å². The Labute approximate surface area is 135 Å². The number of hydrogen-bond donors (Lipinski definition) is 1. The molecular formula is C20H32O2. The summed E-state index contributed by atoms with van der Waals surface area (Å²) in [4.78, 5) is 0. The minimum atomic E-state index is 0.260. The van der Waals surface area contributed by atoms with E-state index in [9.17, 15) is 5.11 Å². The zero-order chi connectivity index (χ0) is 15.8. The molecule has 1 aliphatic rings. The SMILES string of the molecule is CCCCC1(CCCC)CCC(Oc2ccccc2O)CC1. The van der Waals surface area contributed by atoms with Crippen LogP contribution >= 0.6 is 0 Å². The molecule has 1 fully saturated rings. The summed E-state index contributed by atoms with van der Waals surface area (Å²) in [7, 11) is 0. The molecule has 2 rings (SSSR count). The molecule has 1 aromatic carbocycles. The van der Waals surface area contributed by atoms with Crippen molar-refractivity contribution < 1.29 is 9.84 Å². The second-order valence-corrected chi connectivity index (χ2v) is 6.99. The highest BCUT2D eigenvalue weighted by atomic mass is 16.5. The van der Waals surface area contributed by atoms with Crippen molar-refractivity contribution in [1.29, 1.82) is 0 Å². The Balaban J connectivity index is 1.90. The zero-order valence-corrected chi connectivity index (χ0v) is 14.3. The summed E-state index contributed by atoms with van der Waals surface area (Å²) in [5, 5.41) is 9.85. The van der Waals surface area contributed by atoms with Crippen LogP contribution in [0.1, 0.15) is 78.1 Å².